The largest absolute Gasteiger partial charge is 0.482 e. The van der Waals surface area contributed by atoms with Crippen molar-refractivity contribution in [3.8, 4) is 11.5 Å². The Bertz CT molecular complexity index is 954. The Morgan fingerprint density at radius 1 is 0.893 bits per heavy atom. The lowest BCUT2D eigenvalue weighted by Crippen LogP contribution is -2.18. The first kappa shape index (κ1) is 19.2. The Kier molecular flexibility index (Phi) is 6.41. The molecule has 0 aromatic heterocycles. The molecule has 0 saturated carbocycles. The van der Waals surface area contributed by atoms with E-state index < -0.39 is 5.97 Å². The maximum absolute atomic E-state index is 12.2. The van der Waals surface area contributed by atoms with E-state index in [1.165, 1.54) is 6.92 Å². The zero-order valence-electron chi connectivity index (χ0n) is 15.6. The van der Waals surface area contributed by atoms with Gasteiger partial charge in [0.15, 0.2) is 6.61 Å². The normalized spacial score (nSPS) is 10.2. The third-order valence-electron chi connectivity index (χ3n) is 3.94. The van der Waals surface area contributed by atoms with Crippen molar-refractivity contribution in [2.45, 2.75) is 13.3 Å². The highest BCUT2D eigenvalue weighted by molar-refractivity contribution is 5.89. The minimum Gasteiger partial charge on any atom is -0.482 e. The maximum atomic E-state index is 12.2. The van der Waals surface area contributed by atoms with Gasteiger partial charge in [0.2, 0.25) is 5.91 Å². The molecule has 1 N–H and O–H groups in total. The first-order chi connectivity index (χ1) is 13.6. The van der Waals surface area contributed by atoms with Crippen molar-refractivity contribution in [3.63, 3.8) is 0 Å². The quantitative estimate of drug-likeness (QED) is 0.496. The van der Waals surface area contributed by atoms with Crippen molar-refractivity contribution in [2.24, 2.45) is 0 Å². The number of hydrogen-bond acceptors (Lipinski definition) is 4. The molecule has 0 saturated heterocycles. The molecule has 0 heterocycles. The second-order valence-electron chi connectivity index (χ2n) is 6.24. The summed E-state index contributed by atoms with van der Waals surface area (Å²) in [5, 5.41) is 2.65. The molecule has 0 aliphatic carbocycles. The van der Waals surface area contributed by atoms with Crippen LogP contribution in [0, 0.1) is 0 Å². The molecular formula is C23H21NO4. The summed E-state index contributed by atoms with van der Waals surface area (Å²) >= 11 is 0. The van der Waals surface area contributed by atoms with Crippen LogP contribution in [0.25, 0.3) is 0 Å². The zero-order chi connectivity index (χ0) is 19.8. The second kappa shape index (κ2) is 9.37. The minimum absolute atomic E-state index is 0.193. The molecule has 0 aliphatic rings. The van der Waals surface area contributed by atoms with E-state index in [4.69, 9.17) is 9.47 Å². The lowest BCUT2D eigenvalue weighted by molar-refractivity contribution is -0.136. The van der Waals surface area contributed by atoms with Crippen LogP contribution in [-0.4, -0.2) is 18.5 Å². The Labute approximate surface area is 163 Å². The molecule has 5 nitrogen and oxygen atoms in total. The lowest BCUT2D eigenvalue weighted by atomic mass is 10.0. The molecule has 0 spiro atoms. The number of anilines is 1. The molecule has 3 aromatic carbocycles. The predicted molar refractivity (Wildman–Crippen MR) is 108 cm³/mol. The molecule has 0 fully saturated rings. The molecule has 5 heteroatoms. The van der Waals surface area contributed by atoms with E-state index in [1.54, 1.807) is 24.3 Å². The molecular weight excluding hydrogens is 354 g/mol. The highest BCUT2D eigenvalue weighted by Gasteiger charge is 2.10. The minimum atomic E-state index is -0.519. The van der Waals surface area contributed by atoms with Gasteiger partial charge in [-0.3, -0.25) is 4.79 Å². The SMILES string of the molecule is CC(=O)Nc1cccc(OC(=O)COc2ccccc2Cc2ccccc2)c1. The number of carbonyl (C=O) groups is 2. The smallest absolute Gasteiger partial charge is 0.349 e. The number of para-hydroxylation sites is 1. The number of carbonyl (C=O) groups excluding carboxylic acids is 2. The fraction of sp³-hybridized carbons (Fsp3) is 0.130. The van der Waals surface area contributed by atoms with Crippen LogP contribution in [0.2, 0.25) is 0 Å². The molecule has 0 radical (unpaired) electrons. The number of nitrogens with one attached hydrogen (secondary N) is 1. The van der Waals surface area contributed by atoms with Crippen LogP contribution in [-0.2, 0) is 16.0 Å². The first-order valence-electron chi connectivity index (χ1n) is 8.93. The standard InChI is InChI=1S/C23H21NO4/c1-17(25)24-20-11-7-12-21(15-20)28-23(26)16-27-22-13-6-5-10-19(22)14-18-8-3-2-4-9-18/h2-13,15H,14,16H2,1H3,(H,24,25). The summed E-state index contributed by atoms with van der Waals surface area (Å²) in [6, 6.07) is 24.3. The van der Waals surface area contributed by atoms with Gasteiger partial charge in [0.25, 0.3) is 0 Å². The molecule has 142 valence electrons. The molecule has 1 amide bonds. The van der Waals surface area contributed by atoms with E-state index in [9.17, 15) is 9.59 Å². The number of amides is 1. The highest BCUT2D eigenvalue weighted by Crippen LogP contribution is 2.22. The summed E-state index contributed by atoms with van der Waals surface area (Å²) in [5.41, 5.74) is 2.72. The van der Waals surface area contributed by atoms with Crippen LogP contribution in [0.1, 0.15) is 18.1 Å². The van der Waals surface area contributed by atoms with Gasteiger partial charge < -0.3 is 14.8 Å². The van der Waals surface area contributed by atoms with Crippen molar-refractivity contribution in [1.82, 2.24) is 0 Å². The molecule has 0 aliphatic heterocycles. The number of esters is 1. The Morgan fingerprint density at radius 2 is 1.64 bits per heavy atom. The van der Waals surface area contributed by atoms with Crippen LogP contribution in [0.3, 0.4) is 0 Å². The van der Waals surface area contributed by atoms with E-state index in [0.29, 0.717) is 23.6 Å². The van der Waals surface area contributed by atoms with Gasteiger partial charge in [0.1, 0.15) is 11.5 Å². The van der Waals surface area contributed by atoms with Gasteiger partial charge in [-0.2, -0.15) is 0 Å². The average Bonchev–Trinajstić information content (AvgIpc) is 2.68. The van der Waals surface area contributed by atoms with Crippen LogP contribution in [0.15, 0.2) is 78.9 Å². The van der Waals surface area contributed by atoms with Gasteiger partial charge in [-0.05, 0) is 29.3 Å². The number of benzene rings is 3. The summed E-state index contributed by atoms with van der Waals surface area (Å²) in [7, 11) is 0. The van der Waals surface area contributed by atoms with Crippen LogP contribution < -0.4 is 14.8 Å². The van der Waals surface area contributed by atoms with E-state index in [0.717, 1.165) is 11.1 Å². The summed E-state index contributed by atoms with van der Waals surface area (Å²) in [6.45, 7) is 1.20. The third kappa shape index (κ3) is 5.71. The number of hydrogen-bond donors (Lipinski definition) is 1. The highest BCUT2D eigenvalue weighted by atomic mass is 16.6. The molecule has 0 unspecified atom stereocenters. The second-order valence-corrected chi connectivity index (χ2v) is 6.24. The fourth-order valence-corrected chi connectivity index (χ4v) is 2.74. The topological polar surface area (TPSA) is 64.6 Å². The van der Waals surface area contributed by atoms with Crippen molar-refractivity contribution < 1.29 is 19.1 Å². The van der Waals surface area contributed by atoms with Crippen LogP contribution in [0.5, 0.6) is 11.5 Å². The molecule has 3 rings (SSSR count). The monoisotopic (exact) mass is 375 g/mol. The van der Waals surface area contributed by atoms with E-state index >= 15 is 0 Å². The van der Waals surface area contributed by atoms with Gasteiger partial charge in [0, 0.05) is 25.1 Å². The van der Waals surface area contributed by atoms with Crippen molar-refractivity contribution in [2.75, 3.05) is 11.9 Å². The number of ether oxygens (including phenoxy) is 2. The lowest BCUT2D eigenvalue weighted by Gasteiger charge is -2.12. The van der Waals surface area contributed by atoms with Crippen molar-refractivity contribution >= 4 is 17.6 Å². The summed E-state index contributed by atoms with van der Waals surface area (Å²) in [4.78, 5) is 23.3. The van der Waals surface area contributed by atoms with Gasteiger partial charge in [0.05, 0.1) is 0 Å². The zero-order valence-corrected chi connectivity index (χ0v) is 15.6. The average molecular weight is 375 g/mol. The summed E-state index contributed by atoms with van der Waals surface area (Å²) in [5.74, 6) is 0.282. The van der Waals surface area contributed by atoms with Crippen LogP contribution >= 0.6 is 0 Å². The fourth-order valence-electron chi connectivity index (χ4n) is 2.74. The van der Waals surface area contributed by atoms with E-state index in [1.807, 2.05) is 54.6 Å². The van der Waals surface area contributed by atoms with Crippen molar-refractivity contribution in [3.05, 3.63) is 90.0 Å². The molecule has 0 atom stereocenters. The Morgan fingerprint density at radius 3 is 2.43 bits per heavy atom. The predicted octanol–water partition coefficient (Wildman–Crippen LogP) is 4.22. The first-order valence-corrected chi connectivity index (χ1v) is 8.93. The maximum Gasteiger partial charge on any atom is 0.349 e. The molecule has 3 aromatic rings. The van der Waals surface area contributed by atoms with Gasteiger partial charge in [-0.15, -0.1) is 0 Å². The molecule has 28 heavy (non-hydrogen) atoms. The molecule has 0 bridgehead atoms. The summed E-state index contributed by atoms with van der Waals surface area (Å²) < 4.78 is 11.0. The van der Waals surface area contributed by atoms with Crippen LogP contribution in [0.4, 0.5) is 5.69 Å². The number of rotatable bonds is 7. The summed E-state index contributed by atoms with van der Waals surface area (Å²) in [6.07, 6.45) is 0.713. The Hall–Kier alpha value is -3.60. The van der Waals surface area contributed by atoms with Gasteiger partial charge in [-0.25, -0.2) is 4.79 Å². The van der Waals surface area contributed by atoms with Gasteiger partial charge >= 0.3 is 5.97 Å². The van der Waals surface area contributed by atoms with E-state index in [2.05, 4.69) is 5.32 Å². The van der Waals surface area contributed by atoms with Gasteiger partial charge in [-0.1, -0.05) is 54.6 Å². The third-order valence-corrected chi connectivity index (χ3v) is 3.94. The van der Waals surface area contributed by atoms with Crippen molar-refractivity contribution in [1.29, 1.82) is 0 Å². The van der Waals surface area contributed by atoms with E-state index in [-0.39, 0.29) is 12.5 Å². The Balaban J connectivity index is 1.60.